The van der Waals surface area contributed by atoms with Crippen molar-refractivity contribution in [1.82, 2.24) is 10.2 Å². The highest BCUT2D eigenvalue weighted by Gasteiger charge is 2.34. The molecule has 4 aromatic rings. The summed E-state index contributed by atoms with van der Waals surface area (Å²) >= 11 is 12.4. The lowest BCUT2D eigenvalue weighted by Crippen LogP contribution is -2.53. The van der Waals surface area contributed by atoms with Gasteiger partial charge in [0.25, 0.3) is 10.0 Å². The Morgan fingerprint density at radius 3 is 2.02 bits per heavy atom. The summed E-state index contributed by atoms with van der Waals surface area (Å²) in [7, 11) is -2.64. The van der Waals surface area contributed by atoms with Crippen molar-refractivity contribution in [2.45, 2.75) is 30.8 Å². The fraction of sp³-hybridized carbons (Fsp3) is 0.188. The number of nitrogens with one attached hydrogen (secondary N) is 1. The van der Waals surface area contributed by atoms with Crippen molar-refractivity contribution in [3.8, 4) is 0 Å². The van der Waals surface area contributed by atoms with Gasteiger partial charge in [-0.2, -0.15) is 0 Å². The molecule has 0 unspecified atom stereocenters. The first kappa shape index (κ1) is 31.1. The van der Waals surface area contributed by atoms with Crippen molar-refractivity contribution >= 4 is 50.7 Å². The van der Waals surface area contributed by atoms with Crippen molar-refractivity contribution in [1.29, 1.82) is 0 Å². The van der Waals surface area contributed by atoms with Crippen molar-refractivity contribution in [3.05, 3.63) is 130 Å². The average Bonchev–Trinajstić information content (AvgIpc) is 3.00. The van der Waals surface area contributed by atoms with Gasteiger partial charge in [0.15, 0.2) is 0 Å². The second-order valence-corrected chi connectivity index (χ2v) is 12.4. The quantitative estimate of drug-likeness (QED) is 0.226. The van der Waals surface area contributed by atoms with E-state index in [-0.39, 0.29) is 23.8 Å². The maximum absolute atomic E-state index is 14.3. The largest absolute Gasteiger partial charge is 0.357 e. The van der Waals surface area contributed by atoms with E-state index in [0.717, 1.165) is 15.4 Å². The first-order valence-corrected chi connectivity index (χ1v) is 15.4. The predicted octanol–water partition coefficient (Wildman–Crippen LogP) is 5.88. The number of anilines is 1. The summed E-state index contributed by atoms with van der Waals surface area (Å²) < 4.78 is 28.9. The molecule has 1 atom stereocenters. The Kier molecular flexibility index (Phi) is 10.3. The third-order valence-corrected chi connectivity index (χ3v) is 9.31. The van der Waals surface area contributed by atoms with Gasteiger partial charge < -0.3 is 10.2 Å². The fourth-order valence-corrected chi connectivity index (χ4v) is 6.27. The molecule has 0 saturated heterocycles. The van der Waals surface area contributed by atoms with Crippen LogP contribution in [0.4, 0.5) is 5.69 Å². The summed E-state index contributed by atoms with van der Waals surface area (Å²) in [4.78, 5) is 29.0. The molecule has 0 aliphatic carbocycles. The minimum absolute atomic E-state index is 0.00619. The second kappa shape index (κ2) is 13.9. The number of halogens is 2. The molecule has 4 aromatic carbocycles. The molecule has 4 rings (SSSR count). The van der Waals surface area contributed by atoms with Gasteiger partial charge in [-0.25, -0.2) is 8.42 Å². The van der Waals surface area contributed by atoms with Crippen LogP contribution in [0.5, 0.6) is 0 Å². The van der Waals surface area contributed by atoms with E-state index in [0.29, 0.717) is 21.3 Å². The zero-order valence-corrected chi connectivity index (χ0v) is 25.5. The van der Waals surface area contributed by atoms with Crippen LogP contribution in [0.15, 0.2) is 108 Å². The van der Waals surface area contributed by atoms with Gasteiger partial charge in [-0.1, -0.05) is 95.5 Å². The summed E-state index contributed by atoms with van der Waals surface area (Å²) in [6.07, 6.45) is 0.212. The molecule has 42 heavy (non-hydrogen) atoms. The molecule has 1 N–H and O–H groups in total. The number of rotatable bonds is 11. The van der Waals surface area contributed by atoms with Gasteiger partial charge in [0.05, 0.1) is 20.6 Å². The van der Waals surface area contributed by atoms with Crippen LogP contribution in [0.25, 0.3) is 0 Å². The monoisotopic (exact) mass is 623 g/mol. The van der Waals surface area contributed by atoms with Crippen LogP contribution >= 0.6 is 23.2 Å². The Bertz CT molecular complexity index is 1630. The minimum atomic E-state index is -4.14. The molecule has 0 heterocycles. The van der Waals surface area contributed by atoms with Crippen LogP contribution in [-0.2, 0) is 32.6 Å². The fourth-order valence-electron chi connectivity index (χ4n) is 4.51. The van der Waals surface area contributed by atoms with E-state index in [1.54, 1.807) is 60.7 Å². The van der Waals surface area contributed by atoms with E-state index < -0.39 is 28.5 Å². The van der Waals surface area contributed by atoms with Crippen molar-refractivity contribution in [3.63, 3.8) is 0 Å². The van der Waals surface area contributed by atoms with E-state index in [9.17, 15) is 18.0 Å². The maximum atomic E-state index is 14.3. The van der Waals surface area contributed by atoms with Crippen LogP contribution in [0, 0.1) is 6.92 Å². The molecule has 7 nitrogen and oxygen atoms in total. The number of benzene rings is 4. The third kappa shape index (κ3) is 7.50. The molecule has 10 heteroatoms. The number of carbonyl (C=O) groups is 2. The van der Waals surface area contributed by atoms with Gasteiger partial charge in [-0.15, -0.1) is 0 Å². The number of amides is 2. The minimum Gasteiger partial charge on any atom is -0.357 e. The first-order valence-electron chi connectivity index (χ1n) is 13.2. The number of hydrogen-bond acceptors (Lipinski definition) is 4. The molecule has 2 amide bonds. The van der Waals surface area contributed by atoms with Gasteiger partial charge in [-0.05, 0) is 54.4 Å². The van der Waals surface area contributed by atoms with Crippen molar-refractivity contribution in [2.75, 3.05) is 17.9 Å². The third-order valence-electron chi connectivity index (χ3n) is 6.79. The molecule has 0 saturated carbocycles. The van der Waals surface area contributed by atoms with E-state index >= 15 is 0 Å². The van der Waals surface area contributed by atoms with Crippen LogP contribution < -0.4 is 9.62 Å². The number of likely N-dealkylation sites (N-methyl/N-ethyl adjacent to an activating group) is 1. The highest BCUT2D eigenvalue weighted by atomic mass is 35.5. The molecule has 0 aromatic heterocycles. The van der Waals surface area contributed by atoms with Gasteiger partial charge in [-0.3, -0.25) is 13.9 Å². The van der Waals surface area contributed by atoms with E-state index in [2.05, 4.69) is 5.32 Å². The van der Waals surface area contributed by atoms with Gasteiger partial charge in [0, 0.05) is 20.0 Å². The molecule has 0 aliphatic rings. The molecule has 0 radical (unpaired) electrons. The normalized spacial score (nSPS) is 11.9. The summed E-state index contributed by atoms with van der Waals surface area (Å²) in [6.45, 7) is 1.35. The topological polar surface area (TPSA) is 86.8 Å². The number of sulfonamides is 1. The lowest BCUT2D eigenvalue weighted by Gasteiger charge is -2.33. The summed E-state index contributed by atoms with van der Waals surface area (Å²) in [6, 6.07) is 28.2. The Hall–Kier alpha value is -3.85. The Balaban J connectivity index is 1.79. The lowest BCUT2D eigenvalue weighted by atomic mass is 10.0. The van der Waals surface area contributed by atoms with E-state index in [1.807, 2.05) is 37.3 Å². The summed E-state index contributed by atoms with van der Waals surface area (Å²) in [5.74, 6) is -0.953. The van der Waals surface area contributed by atoms with Crippen LogP contribution in [-0.4, -0.2) is 44.8 Å². The van der Waals surface area contributed by atoms with Crippen molar-refractivity contribution in [2.24, 2.45) is 0 Å². The van der Waals surface area contributed by atoms with Gasteiger partial charge >= 0.3 is 0 Å². The number of hydrogen-bond donors (Lipinski definition) is 1. The van der Waals surface area contributed by atoms with Crippen LogP contribution in [0.3, 0.4) is 0 Å². The first-order chi connectivity index (χ1) is 20.1. The average molecular weight is 625 g/mol. The smallest absolute Gasteiger partial charge is 0.264 e. The predicted molar refractivity (Wildman–Crippen MR) is 167 cm³/mol. The molecule has 0 bridgehead atoms. The Labute approximate surface area is 256 Å². The highest BCUT2D eigenvalue weighted by molar-refractivity contribution is 7.92. The van der Waals surface area contributed by atoms with Crippen LogP contribution in [0.2, 0.25) is 10.0 Å². The standard InChI is InChI=1S/C32H31Cl2N3O4S/c1-23-13-16-26(17-14-23)37(42(40,41)27-11-7-4-8-12-27)22-31(38)36(21-25-15-18-28(33)29(34)19-25)30(32(39)35-2)20-24-9-5-3-6-10-24/h3-19,30H,20-22H2,1-2H3,(H,35,39)/t30-/m0/s1. The molecular formula is C32H31Cl2N3O4S. The number of nitrogens with zero attached hydrogens (tertiary/aromatic N) is 2. The maximum Gasteiger partial charge on any atom is 0.264 e. The van der Waals surface area contributed by atoms with Gasteiger partial charge in [0.2, 0.25) is 11.8 Å². The molecular weight excluding hydrogens is 593 g/mol. The lowest BCUT2D eigenvalue weighted by molar-refractivity contribution is -0.139. The summed E-state index contributed by atoms with van der Waals surface area (Å²) in [5.41, 5.74) is 2.73. The number of carbonyl (C=O) groups excluding carboxylic acids is 2. The van der Waals surface area contributed by atoms with E-state index in [1.165, 1.54) is 24.1 Å². The molecule has 0 aliphatic heterocycles. The summed E-state index contributed by atoms with van der Waals surface area (Å²) in [5, 5.41) is 3.31. The molecule has 0 fully saturated rings. The zero-order chi connectivity index (χ0) is 30.3. The Morgan fingerprint density at radius 2 is 1.43 bits per heavy atom. The SMILES string of the molecule is CNC(=O)[C@H](Cc1ccccc1)N(Cc1ccc(Cl)c(Cl)c1)C(=O)CN(c1ccc(C)cc1)S(=O)(=O)c1ccccc1. The Morgan fingerprint density at radius 1 is 0.810 bits per heavy atom. The van der Waals surface area contributed by atoms with Gasteiger partial charge in [0.1, 0.15) is 12.6 Å². The second-order valence-electron chi connectivity index (χ2n) is 9.75. The van der Waals surface area contributed by atoms with E-state index in [4.69, 9.17) is 23.2 Å². The molecule has 0 spiro atoms. The number of aryl methyl sites for hydroxylation is 1. The molecule has 218 valence electrons. The van der Waals surface area contributed by atoms with Crippen molar-refractivity contribution < 1.29 is 18.0 Å². The zero-order valence-electron chi connectivity index (χ0n) is 23.2. The highest BCUT2D eigenvalue weighted by Crippen LogP contribution is 2.27. The van der Waals surface area contributed by atoms with Crippen LogP contribution in [0.1, 0.15) is 16.7 Å².